The monoisotopic (exact) mass is 201 g/mol. The molecule has 0 aromatic carbocycles. The molecule has 2 atom stereocenters. The Labute approximate surface area is 84.8 Å². The van der Waals surface area contributed by atoms with E-state index in [9.17, 15) is 4.79 Å². The van der Waals surface area contributed by atoms with E-state index in [1.54, 1.807) is 7.11 Å². The summed E-state index contributed by atoms with van der Waals surface area (Å²) in [6, 6.07) is 0.171. The highest BCUT2D eigenvalue weighted by molar-refractivity contribution is 5.71. The van der Waals surface area contributed by atoms with Gasteiger partial charge in [-0.3, -0.25) is 9.69 Å². The van der Waals surface area contributed by atoms with E-state index in [2.05, 4.69) is 4.90 Å². The van der Waals surface area contributed by atoms with Crippen molar-refractivity contribution in [3.05, 3.63) is 0 Å². The van der Waals surface area contributed by atoms with Gasteiger partial charge in [0.1, 0.15) is 0 Å². The van der Waals surface area contributed by atoms with Crippen molar-refractivity contribution in [3.8, 4) is 0 Å². The first-order valence-corrected chi connectivity index (χ1v) is 5.12. The lowest BCUT2D eigenvalue weighted by Gasteiger charge is -2.22. The van der Waals surface area contributed by atoms with E-state index in [1.807, 2.05) is 6.92 Å². The summed E-state index contributed by atoms with van der Waals surface area (Å²) in [5.41, 5.74) is 0. The maximum Gasteiger partial charge on any atom is 0.308 e. The summed E-state index contributed by atoms with van der Waals surface area (Å²) in [4.78, 5) is 13.1. The van der Waals surface area contributed by atoms with Crippen LogP contribution >= 0.6 is 0 Å². The van der Waals surface area contributed by atoms with Crippen LogP contribution in [0.2, 0.25) is 0 Å². The van der Waals surface area contributed by atoms with Crippen molar-refractivity contribution in [1.29, 1.82) is 0 Å². The Balaban J connectivity index is 2.32. The standard InChI is InChI=1S/C10H19NO3/c1-8-9(10(12)13)4-6-11(8)5-3-7-14-2/h8-9H,3-7H2,1-2H3,(H,12,13). The lowest BCUT2D eigenvalue weighted by Crippen LogP contribution is -2.34. The molecule has 0 aromatic rings. The van der Waals surface area contributed by atoms with E-state index in [0.29, 0.717) is 0 Å². The van der Waals surface area contributed by atoms with Crippen LogP contribution < -0.4 is 0 Å². The number of methoxy groups -OCH3 is 1. The van der Waals surface area contributed by atoms with Crippen LogP contribution in [0.4, 0.5) is 0 Å². The third-order valence-corrected chi connectivity index (χ3v) is 3.00. The molecule has 0 radical (unpaired) electrons. The van der Waals surface area contributed by atoms with Crippen molar-refractivity contribution in [2.75, 3.05) is 26.8 Å². The van der Waals surface area contributed by atoms with Gasteiger partial charge in [0, 0.05) is 26.3 Å². The van der Waals surface area contributed by atoms with Gasteiger partial charge in [0.05, 0.1) is 5.92 Å². The predicted octanol–water partition coefficient (Wildman–Crippen LogP) is 0.818. The molecule has 0 spiro atoms. The Bertz CT molecular complexity index is 196. The first-order chi connectivity index (χ1) is 6.66. The third kappa shape index (κ3) is 2.69. The molecular weight excluding hydrogens is 182 g/mol. The first kappa shape index (κ1) is 11.5. The number of carbonyl (C=O) groups is 1. The van der Waals surface area contributed by atoms with Crippen LogP contribution in [0.1, 0.15) is 19.8 Å². The molecule has 0 bridgehead atoms. The quantitative estimate of drug-likeness (QED) is 0.669. The zero-order valence-corrected chi connectivity index (χ0v) is 8.90. The number of nitrogens with zero attached hydrogens (tertiary/aromatic N) is 1. The summed E-state index contributed by atoms with van der Waals surface area (Å²) in [5.74, 6) is -0.843. The number of ether oxygens (including phenoxy) is 1. The molecule has 0 aliphatic carbocycles. The summed E-state index contributed by atoms with van der Waals surface area (Å²) in [7, 11) is 1.69. The van der Waals surface area contributed by atoms with Crippen LogP contribution in [-0.2, 0) is 9.53 Å². The maximum absolute atomic E-state index is 10.8. The van der Waals surface area contributed by atoms with E-state index in [-0.39, 0.29) is 12.0 Å². The van der Waals surface area contributed by atoms with Crippen LogP contribution in [0.25, 0.3) is 0 Å². The number of carboxylic acids is 1. The van der Waals surface area contributed by atoms with Crippen LogP contribution in [-0.4, -0.2) is 48.8 Å². The molecule has 0 aromatic heterocycles. The topological polar surface area (TPSA) is 49.8 Å². The van der Waals surface area contributed by atoms with Gasteiger partial charge in [0.25, 0.3) is 0 Å². The molecule has 1 saturated heterocycles. The smallest absolute Gasteiger partial charge is 0.308 e. The molecule has 4 nitrogen and oxygen atoms in total. The molecule has 0 saturated carbocycles. The van der Waals surface area contributed by atoms with E-state index in [0.717, 1.165) is 32.5 Å². The lowest BCUT2D eigenvalue weighted by molar-refractivity contribution is -0.142. The molecule has 1 aliphatic heterocycles. The summed E-state index contributed by atoms with van der Waals surface area (Å²) in [6.07, 6.45) is 1.76. The number of likely N-dealkylation sites (tertiary alicyclic amines) is 1. The Kier molecular flexibility index (Phi) is 4.35. The van der Waals surface area contributed by atoms with Crippen molar-refractivity contribution in [2.45, 2.75) is 25.8 Å². The summed E-state index contributed by atoms with van der Waals surface area (Å²) in [6.45, 7) is 4.60. The number of rotatable bonds is 5. The minimum atomic E-state index is -0.660. The van der Waals surface area contributed by atoms with Gasteiger partial charge in [-0.25, -0.2) is 0 Å². The molecule has 1 heterocycles. The molecule has 2 unspecified atom stereocenters. The lowest BCUT2D eigenvalue weighted by atomic mass is 10.0. The summed E-state index contributed by atoms with van der Waals surface area (Å²) >= 11 is 0. The Morgan fingerprint density at radius 2 is 2.36 bits per heavy atom. The largest absolute Gasteiger partial charge is 0.481 e. The molecule has 1 fully saturated rings. The van der Waals surface area contributed by atoms with Crippen molar-refractivity contribution in [1.82, 2.24) is 4.90 Å². The minimum absolute atomic E-state index is 0.171. The van der Waals surface area contributed by atoms with Crippen LogP contribution in [0.3, 0.4) is 0 Å². The van der Waals surface area contributed by atoms with Gasteiger partial charge in [-0.1, -0.05) is 0 Å². The van der Waals surface area contributed by atoms with Gasteiger partial charge in [-0.2, -0.15) is 0 Å². The summed E-state index contributed by atoms with van der Waals surface area (Å²) < 4.78 is 4.97. The van der Waals surface area contributed by atoms with Gasteiger partial charge in [0.2, 0.25) is 0 Å². The highest BCUT2D eigenvalue weighted by atomic mass is 16.5. The van der Waals surface area contributed by atoms with Crippen molar-refractivity contribution >= 4 is 5.97 Å². The predicted molar refractivity (Wildman–Crippen MR) is 53.3 cm³/mol. The Morgan fingerprint density at radius 1 is 1.64 bits per heavy atom. The normalized spacial score (nSPS) is 28.1. The van der Waals surface area contributed by atoms with Gasteiger partial charge in [-0.15, -0.1) is 0 Å². The molecule has 1 aliphatic rings. The number of carboxylic acid groups (broad SMARTS) is 1. The highest BCUT2D eigenvalue weighted by Gasteiger charge is 2.34. The molecule has 0 amide bonds. The SMILES string of the molecule is COCCCN1CCC(C(=O)O)C1C. The Morgan fingerprint density at radius 3 is 2.86 bits per heavy atom. The van der Waals surface area contributed by atoms with E-state index < -0.39 is 5.97 Å². The average molecular weight is 201 g/mol. The van der Waals surface area contributed by atoms with Gasteiger partial charge in [-0.05, 0) is 26.3 Å². The van der Waals surface area contributed by atoms with E-state index >= 15 is 0 Å². The zero-order chi connectivity index (χ0) is 10.6. The minimum Gasteiger partial charge on any atom is -0.481 e. The molecular formula is C10H19NO3. The zero-order valence-electron chi connectivity index (χ0n) is 8.90. The van der Waals surface area contributed by atoms with Crippen molar-refractivity contribution in [2.24, 2.45) is 5.92 Å². The molecule has 4 heteroatoms. The second kappa shape index (κ2) is 5.32. The fourth-order valence-corrected chi connectivity index (χ4v) is 2.06. The van der Waals surface area contributed by atoms with Crippen molar-refractivity contribution < 1.29 is 14.6 Å². The van der Waals surface area contributed by atoms with Gasteiger partial charge >= 0.3 is 5.97 Å². The van der Waals surface area contributed by atoms with Crippen molar-refractivity contribution in [3.63, 3.8) is 0 Å². The second-order valence-corrected chi connectivity index (χ2v) is 3.86. The molecule has 82 valence electrons. The number of hydrogen-bond acceptors (Lipinski definition) is 3. The van der Waals surface area contributed by atoms with E-state index in [1.165, 1.54) is 0 Å². The fraction of sp³-hybridized carbons (Fsp3) is 0.900. The number of hydrogen-bond donors (Lipinski definition) is 1. The highest BCUT2D eigenvalue weighted by Crippen LogP contribution is 2.24. The third-order valence-electron chi connectivity index (χ3n) is 3.00. The van der Waals surface area contributed by atoms with E-state index in [4.69, 9.17) is 9.84 Å². The van der Waals surface area contributed by atoms with Gasteiger partial charge < -0.3 is 9.84 Å². The first-order valence-electron chi connectivity index (χ1n) is 5.12. The molecule has 1 N–H and O–H groups in total. The second-order valence-electron chi connectivity index (χ2n) is 3.86. The summed E-state index contributed by atoms with van der Waals surface area (Å²) in [5, 5.41) is 8.92. The van der Waals surface area contributed by atoms with Crippen LogP contribution in [0.5, 0.6) is 0 Å². The van der Waals surface area contributed by atoms with Gasteiger partial charge in [0.15, 0.2) is 0 Å². The van der Waals surface area contributed by atoms with Crippen LogP contribution in [0.15, 0.2) is 0 Å². The Hall–Kier alpha value is -0.610. The van der Waals surface area contributed by atoms with Crippen LogP contribution in [0, 0.1) is 5.92 Å². The number of aliphatic carboxylic acids is 1. The maximum atomic E-state index is 10.8. The average Bonchev–Trinajstić information content (AvgIpc) is 2.48. The fourth-order valence-electron chi connectivity index (χ4n) is 2.06. The molecule has 14 heavy (non-hydrogen) atoms. The molecule has 1 rings (SSSR count).